The Bertz CT molecular complexity index is 680. The fraction of sp³-hybridized carbons (Fsp3) is 0.579. The number of fused-ring (bicyclic) bond motifs is 1. The normalized spacial score (nSPS) is 12.0. The number of pyridine rings is 1. The fourth-order valence-corrected chi connectivity index (χ4v) is 2.89. The molecule has 0 saturated heterocycles. The van der Waals surface area contributed by atoms with Crippen molar-refractivity contribution in [1.82, 2.24) is 9.61 Å². The van der Waals surface area contributed by atoms with E-state index >= 15 is 0 Å². The van der Waals surface area contributed by atoms with Gasteiger partial charge in [0.25, 0.3) is 5.88 Å². The SMILES string of the molecule is Cc1ccc2c(N)c(OCC[N+](C)(C(C)C)C(C)C)nn2c1C.[CH3-]. The van der Waals surface area contributed by atoms with Gasteiger partial charge in [-0.15, -0.1) is 5.10 Å². The zero-order chi connectivity index (χ0) is 17.4. The lowest BCUT2D eigenvalue weighted by molar-refractivity contribution is -0.949. The van der Waals surface area contributed by atoms with Crippen LogP contribution in [0.25, 0.3) is 5.52 Å². The van der Waals surface area contributed by atoms with Crippen LogP contribution < -0.4 is 10.5 Å². The van der Waals surface area contributed by atoms with Crippen LogP contribution >= 0.6 is 0 Å². The minimum Gasteiger partial charge on any atom is -0.469 e. The van der Waals surface area contributed by atoms with Crippen LogP contribution in [-0.4, -0.2) is 46.4 Å². The molecule has 2 heterocycles. The Kier molecular flexibility index (Phi) is 6.28. The minimum absolute atomic E-state index is 0. The molecular formula is C19H34N4O. The predicted octanol–water partition coefficient (Wildman–Crippen LogP) is 3.63. The lowest BCUT2D eigenvalue weighted by Gasteiger charge is -2.42. The number of nitrogen functional groups attached to an aromatic ring is 1. The summed E-state index contributed by atoms with van der Waals surface area (Å²) >= 11 is 0. The summed E-state index contributed by atoms with van der Waals surface area (Å²) in [7, 11) is 2.28. The Morgan fingerprint density at radius 3 is 2.29 bits per heavy atom. The van der Waals surface area contributed by atoms with Gasteiger partial charge in [0.15, 0.2) is 0 Å². The molecule has 0 atom stereocenters. The van der Waals surface area contributed by atoms with E-state index < -0.39 is 0 Å². The molecule has 136 valence electrons. The van der Waals surface area contributed by atoms with Crippen LogP contribution in [0.5, 0.6) is 5.88 Å². The van der Waals surface area contributed by atoms with E-state index in [0.29, 0.717) is 30.3 Å². The molecule has 0 radical (unpaired) electrons. The van der Waals surface area contributed by atoms with E-state index in [1.165, 1.54) is 5.56 Å². The van der Waals surface area contributed by atoms with Crippen LogP contribution in [0.15, 0.2) is 12.1 Å². The maximum atomic E-state index is 6.21. The second-order valence-corrected chi connectivity index (χ2v) is 7.22. The molecule has 2 aromatic heterocycles. The zero-order valence-electron chi connectivity index (χ0n) is 16.6. The van der Waals surface area contributed by atoms with Gasteiger partial charge in [-0.2, -0.15) is 0 Å². The summed E-state index contributed by atoms with van der Waals surface area (Å²) in [5.41, 5.74) is 10.0. The lowest BCUT2D eigenvalue weighted by Crippen LogP contribution is -2.56. The van der Waals surface area contributed by atoms with Gasteiger partial charge in [0.2, 0.25) is 0 Å². The lowest BCUT2D eigenvalue weighted by atomic mass is 10.1. The molecular weight excluding hydrogens is 300 g/mol. The van der Waals surface area contributed by atoms with Gasteiger partial charge >= 0.3 is 0 Å². The number of nitrogens with two attached hydrogens (primary N) is 1. The predicted molar refractivity (Wildman–Crippen MR) is 102 cm³/mol. The summed E-state index contributed by atoms with van der Waals surface area (Å²) in [4.78, 5) is 0. The summed E-state index contributed by atoms with van der Waals surface area (Å²) < 4.78 is 8.78. The van der Waals surface area contributed by atoms with Crippen LogP contribution in [0, 0.1) is 21.3 Å². The first kappa shape index (κ1) is 20.3. The first-order chi connectivity index (χ1) is 10.7. The number of hydrogen-bond acceptors (Lipinski definition) is 3. The maximum absolute atomic E-state index is 6.21. The summed E-state index contributed by atoms with van der Waals surface area (Å²) in [5.74, 6) is 0.540. The number of nitrogens with zero attached hydrogens (tertiary/aromatic N) is 3. The number of likely N-dealkylation sites (N-methyl/N-ethyl adjacent to an activating group) is 1. The van der Waals surface area contributed by atoms with Crippen molar-refractivity contribution in [3.63, 3.8) is 0 Å². The third-order valence-electron chi connectivity index (χ3n) is 5.48. The van der Waals surface area contributed by atoms with Crippen molar-refractivity contribution in [3.8, 4) is 5.88 Å². The minimum atomic E-state index is 0. The summed E-state index contributed by atoms with van der Waals surface area (Å²) in [6.45, 7) is 14.7. The van der Waals surface area contributed by atoms with Crippen LogP contribution in [0.4, 0.5) is 5.69 Å². The highest BCUT2D eigenvalue weighted by molar-refractivity contribution is 5.75. The Labute approximate surface area is 147 Å². The van der Waals surface area contributed by atoms with E-state index in [0.717, 1.165) is 22.2 Å². The molecule has 0 fully saturated rings. The van der Waals surface area contributed by atoms with E-state index in [-0.39, 0.29) is 7.43 Å². The molecule has 0 saturated carbocycles. The van der Waals surface area contributed by atoms with Gasteiger partial charge in [0, 0.05) is 5.69 Å². The van der Waals surface area contributed by atoms with Crippen molar-refractivity contribution >= 4 is 11.2 Å². The number of rotatable bonds is 6. The Morgan fingerprint density at radius 1 is 1.17 bits per heavy atom. The van der Waals surface area contributed by atoms with Crippen molar-refractivity contribution in [1.29, 1.82) is 0 Å². The molecule has 0 aliphatic carbocycles. The number of ether oxygens (including phenoxy) is 1. The first-order valence-electron chi connectivity index (χ1n) is 8.40. The van der Waals surface area contributed by atoms with E-state index in [1.807, 2.05) is 17.5 Å². The third kappa shape index (κ3) is 3.51. The molecule has 2 N–H and O–H groups in total. The number of quaternary nitrogens is 1. The van der Waals surface area contributed by atoms with E-state index in [1.54, 1.807) is 0 Å². The molecule has 0 unspecified atom stereocenters. The van der Waals surface area contributed by atoms with E-state index in [2.05, 4.69) is 52.8 Å². The fourth-order valence-electron chi connectivity index (χ4n) is 2.89. The molecule has 2 rings (SSSR count). The Morgan fingerprint density at radius 2 is 1.75 bits per heavy atom. The molecule has 0 aliphatic heterocycles. The summed E-state index contributed by atoms with van der Waals surface area (Å²) in [5, 5.41) is 4.54. The Balaban J connectivity index is 0.00000288. The van der Waals surface area contributed by atoms with Crippen molar-refractivity contribution in [2.45, 2.75) is 53.6 Å². The average molecular weight is 335 g/mol. The number of hydrogen-bond donors (Lipinski definition) is 1. The molecule has 5 heteroatoms. The maximum Gasteiger partial charge on any atom is 0.257 e. The van der Waals surface area contributed by atoms with Gasteiger partial charge < -0.3 is 22.4 Å². The van der Waals surface area contributed by atoms with E-state index in [9.17, 15) is 0 Å². The van der Waals surface area contributed by atoms with Crippen LogP contribution in [0.2, 0.25) is 0 Å². The molecule has 2 aromatic rings. The van der Waals surface area contributed by atoms with Crippen LogP contribution in [-0.2, 0) is 0 Å². The van der Waals surface area contributed by atoms with Crippen LogP contribution in [0.3, 0.4) is 0 Å². The monoisotopic (exact) mass is 334 g/mol. The van der Waals surface area contributed by atoms with Gasteiger partial charge in [-0.25, -0.2) is 4.52 Å². The zero-order valence-corrected chi connectivity index (χ0v) is 16.6. The van der Waals surface area contributed by atoms with Gasteiger partial charge in [-0.3, -0.25) is 0 Å². The number of anilines is 1. The standard InChI is InChI=1S/C18H31N4O.CH3/c1-12(2)22(7,13(3)4)10-11-23-18-17(19)16-9-8-14(5)15(6)21(16)20-18;/h8-9,12-13H,10-11,19H2,1-7H3;1H3/q+1;-1. The quantitative estimate of drug-likeness (QED) is 0.648. The number of aromatic nitrogens is 2. The van der Waals surface area contributed by atoms with Gasteiger partial charge in [0.05, 0.1) is 24.6 Å². The highest BCUT2D eigenvalue weighted by atomic mass is 16.5. The van der Waals surface area contributed by atoms with Crippen molar-refractivity contribution in [2.75, 3.05) is 25.9 Å². The smallest absolute Gasteiger partial charge is 0.257 e. The largest absolute Gasteiger partial charge is 0.469 e. The molecule has 0 spiro atoms. The highest BCUT2D eigenvalue weighted by Crippen LogP contribution is 2.27. The van der Waals surface area contributed by atoms with Crippen LogP contribution in [0.1, 0.15) is 39.0 Å². The molecule has 0 amide bonds. The Hall–Kier alpha value is -1.75. The molecule has 0 aliphatic rings. The van der Waals surface area contributed by atoms with Crippen molar-refractivity contribution in [3.05, 3.63) is 30.8 Å². The van der Waals surface area contributed by atoms with Gasteiger partial charge in [0.1, 0.15) is 18.8 Å². The van der Waals surface area contributed by atoms with Crippen molar-refractivity contribution < 1.29 is 9.22 Å². The second-order valence-electron chi connectivity index (χ2n) is 7.22. The summed E-state index contributed by atoms with van der Waals surface area (Å²) in [6, 6.07) is 5.15. The van der Waals surface area contributed by atoms with Gasteiger partial charge in [-0.05, 0) is 53.2 Å². The first-order valence-corrected chi connectivity index (χ1v) is 8.40. The third-order valence-corrected chi connectivity index (χ3v) is 5.48. The number of aryl methyl sites for hydroxylation is 2. The second kappa shape index (κ2) is 7.43. The topological polar surface area (TPSA) is 52.5 Å². The summed E-state index contributed by atoms with van der Waals surface area (Å²) in [6.07, 6.45) is 0. The van der Waals surface area contributed by atoms with Crippen molar-refractivity contribution in [2.24, 2.45) is 0 Å². The molecule has 0 bridgehead atoms. The highest BCUT2D eigenvalue weighted by Gasteiger charge is 2.29. The van der Waals surface area contributed by atoms with Gasteiger partial charge in [-0.1, -0.05) is 6.07 Å². The average Bonchev–Trinajstić information content (AvgIpc) is 2.80. The molecule has 24 heavy (non-hydrogen) atoms. The van der Waals surface area contributed by atoms with E-state index in [4.69, 9.17) is 10.5 Å². The molecule has 0 aromatic carbocycles. The molecule has 5 nitrogen and oxygen atoms in total.